The van der Waals surface area contributed by atoms with Crippen LogP contribution < -0.4 is 10.9 Å². The molecule has 2 spiro atoms. The van der Waals surface area contributed by atoms with Gasteiger partial charge in [0.2, 0.25) is 0 Å². The van der Waals surface area contributed by atoms with Crippen LogP contribution in [0.25, 0.3) is 0 Å². The van der Waals surface area contributed by atoms with Crippen molar-refractivity contribution in [1.29, 1.82) is 0 Å². The Bertz CT molecular complexity index is 473. The minimum absolute atomic E-state index is 0.165. The molecule has 0 atom stereocenters. The Balaban J connectivity index is 1.22. The fourth-order valence-corrected chi connectivity index (χ4v) is 3.19. The third-order valence-electron chi connectivity index (χ3n) is 4.19. The molecule has 2 aliphatic carbocycles. The summed E-state index contributed by atoms with van der Waals surface area (Å²) in [7, 11) is 0. The molecule has 1 amide bonds. The lowest BCUT2D eigenvalue weighted by Crippen LogP contribution is -2.80. The summed E-state index contributed by atoms with van der Waals surface area (Å²) in [5.41, 5.74) is 5.58. The summed E-state index contributed by atoms with van der Waals surface area (Å²) in [6.45, 7) is 1.05. The van der Waals surface area contributed by atoms with Crippen LogP contribution in [0.5, 0.6) is 0 Å². The summed E-state index contributed by atoms with van der Waals surface area (Å²) in [5, 5.41) is 2.72. The van der Waals surface area contributed by atoms with Crippen molar-refractivity contribution in [1.82, 2.24) is 21.0 Å². The monoisotopic (exact) mass is 266 g/mol. The summed E-state index contributed by atoms with van der Waals surface area (Å²) >= 11 is 0. The van der Waals surface area contributed by atoms with Crippen LogP contribution in [0.1, 0.15) is 25.7 Å². The van der Waals surface area contributed by atoms with Crippen molar-refractivity contribution < 1.29 is 19.2 Å². The predicted octanol–water partition coefficient (Wildman–Crippen LogP) is -1.12. The number of carbonyl (C=O) groups is 3. The number of nitrogens with zero attached hydrogens (tertiary/aromatic N) is 2. The number of hydrogen-bond donors (Lipinski definition) is 2. The molecule has 2 heterocycles. The first-order valence-corrected chi connectivity index (χ1v) is 6.34. The summed E-state index contributed by atoms with van der Waals surface area (Å²) in [6, 6.07) is 0. The minimum atomic E-state index is -0.488. The number of nitrogens with one attached hydrogen (secondary N) is 2. The fourth-order valence-electron chi connectivity index (χ4n) is 3.19. The molecule has 8 nitrogen and oxygen atoms in total. The Morgan fingerprint density at radius 3 is 1.95 bits per heavy atom. The van der Waals surface area contributed by atoms with E-state index in [-0.39, 0.29) is 22.6 Å². The fraction of sp³-hybridized carbons (Fsp3) is 0.727. The molecular formula is C11H14N4O4. The maximum atomic E-state index is 11.7. The predicted molar refractivity (Wildman–Crippen MR) is 60.1 cm³/mol. The number of ketones is 2. The Morgan fingerprint density at radius 1 is 1.00 bits per heavy atom. The van der Waals surface area contributed by atoms with Crippen LogP contribution >= 0.6 is 0 Å². The number of hydroxylamine groups is 1. The lowest BCUT2D eigenvalue weighted by Gasteiger charge is -2.56. The molecule has 2 saturated carbocycles. The second-order valence-corrected chi connectivity index (χ2v) is 6.05. The summed E-state index contributed by atoms with van der Waals surface area (Å²) in [5.74, 6) is 0.459. The highest BCUT2D eigenvalue weighted by molar-refractivity contribution is 5.89. The number of hydrazine groups is 2. The zero-order valence-electron chi connectivity index (χ0n) is 10.3. The molecule has 0 aromatic rings. The van der Waals surface area contributed by atoms with Crippen molar-refractivity contribution in [3.05, 3.63) is 0 Å². The molecule has 0 bridgehead atoms. The molecule has 0 unspecified atom stereocenters. The Labute approximate surface area is 108 Å². The number of amides is 1. The Hall–Kier alpha value is -1.51. The Morgan fingerprint density at radius 2 is 1.47 bits per heavy atom. The average Bonchev–Trinajstić information content (AvgIpc) is 2.15. The normalized spacial score (nSPS) is 30.4. The van der Waals surface area contributed by atoms with Gasteiger partial charge in [-0.15, -0.1) is 0 Å². The van der Waals surface area contributed by atoms with Crippen molar-refractivity contribution in [3.63, 3.8) is 0 Å². The summed E-state index contributed by atoms with van der Waals surface area (Å²) in [6.07, 6.45) is 1.51. The van der Waals surface area contributed by atoms with E-state index in [0.717, 1.165) is 0 Å². The van der Waals surface area contributed by atoms with Gasteiger partial charge in [0.25, 0.3) is 0 Å². The smallest absolute Gasteiger partial charge is 0.334 e. The van der Waals surface area contributed by atoms with Gasteiger partial charge in [-0.2, -0.15) is 0 Å². The quantitative estimate of drug-likeness (QED) is 0.621. The number of Topliss-reactive ketones (excluding diaryl/α,β-unsaturated/α-hetero) is 2. The molecule has 0 aromatic carbocycles. The first-order chi connectivity index (χ1) is 8.98. The van der Waals surface area contributed by atoms with Gasteiger partial charge in [-0.05, 0) is 0 Å². The molecule has 102 valence electrons. The maximum absolute atomic E-state index is 11.7. The number of rotatable bonds is 1. The Kier molecular flexibility index (Phi) is 1.98. The molecule has 19 heavy (non-hydrogen) atoms. The third-order valence-corrected chi connectivity index (χ3v) is 4.19. The molecule has 0 aromatic heterocycles. The van der Waals surface area contributed by atoms with Crippen LogP contribution in [0.3, 0.4) is 0 Å². The van der Waals surface area contributed by atoms with E-state index in [1.54, 1.807) is 0 Å². The zero-order chi connectivity index (χ0) is 13.3. The highest BCUT2D eigenvalue weighted by Gasteiger charge is 2.56. The molecule has 2 N–H and O–H groups in total. The second kappa shape index (κ2) is 3.33. The van der Waals surface area contributed by atoms with E-state index >= 15 is 0 Å². The van der Waals surface area contributed by atoms with Gasteiger partial charge in [0.05, 0.1) is 24.2 Å². The number of hydrogen-bond acceptors (Lipinski definition) is 7. The largest absolute Gasteiger partial charge is 0.444 e. The maximum Gasteiger partial charge on any atom is 0.444 e. The average molecular weight is 266 g/mol. The second-order valence-electron chi connectivity index (χ2n) is 6.05. The van der Waals surface area contributed by atoms with E-state index < -0.39 is 6.09 Å². The van der Waals surface area contributed by atoms with Crippen molar-refractivity contribution in [2.75, 3.05) is 13.1 Å². The molecule has 2 aliphatic heterocycles. The van der Waals surface area contributed by atoms with E-state index in [1.165, 1.54) is 10.2 Å². The lowest BCUT2D eigenvalue weighted by molar-refractivity contribution is -0.261. The van der Waals surface area contributed by atoms with Gasteiger partial charge >= 0.3 is 6.09 Å². The molecule has 2 saturated heterocycles. The van der Waals surface area contributed by atoms with Crippen LogP contribution in [-0.4, -0.2) is 52.0 Å². The third kappa shape index (κ3) is 1.60. The highest BCUT2D eigenvalue weighted by atomic mass is 16.8. The van der Waals surface area contributed by atoms with Gasteiger partial charge in [0.1, 0.15) is 11.6 Å². The van der Waals surface area contributed by atoms with Crippen LogP contribution in [0.15, 0.2) is 0 Å². The van der Waals surface area contributed by atoms with Crippen molar-refractivity contribution >= 4 is 17.7 Å². The molecule has 4 rings (SSSR count). The van der Waals surface area contributed by atoms with Crippen molar-refractivity contribution in [2.24, 2.45) is 0 Å². The van der Waals surface area contributed by atoms with E-state index in [1.807, 2.05) is 0 Å². The standard InChI is InChI=1S/C11H14N4O4/c16-7-1-10(2-7)5-14(12-10)9(18)19-15-6-11(13-15)3-8(17)4-11/h12-13H,1-6H2. The van der Waals surface area contributed by atoms with Crippen molar-refractivity contribution in [3.8, 4) is 0 Å². The number of carbonyl (C=O) groups excluding carboxylic acids is 3. The zero-order valence-corrected chi connectivity index (χ0v) is 10.3. The SMILES string of the molecule is O=C1CC2(C1)CN(OC(=O)N1CC3(CC(=O)C3)N1)N2. The minimum Gasteiger partial charge on any atom is -0.334 e. The van der Waals surface area contributed by atoms with Gasteiger partial charge < -0.3 is 4.84 Å². The van der Waals surface area contributed by atoms with Gasteiger partial charge in [-0.1, -0.05) is 5.17 Å². The first-order valence-electron chi connectivity index (χ1n) is 6.34. The topological polar surface area (TPSA) is 91.0 Å². The van der Waals surface area contributed by atoms with Crippen LogP contribution in [0.2, 0.25) is 0 Å². The van der Waals surface area contributed by atoms with Crippen LogP contribution in [-0.2, 0) is 14.4 Å². The van der Waals surface area contributed by atoms with Gasteiger partial charge in [0.15, 0.2) is 0 Å². The summed E-state index contributed by atoms with van der Waals surface area (Å²) < 4.78 is 0. The molecule has 4 aliphatic rings. The van der Waals surface area contributed by atoms with E-state index in [4.69, 9.17) is 4.84 Å². The van der Waals surface area contributed by atoms with Crippen LogP contribution in [0.4, 0.5) is 4.79 Å². The van der Waals surface area contributed by atoms with Gasteiger partial charge in [-0.3, -0.25) is 9.59 Å². The molecule has 0 radical (unpaired) electrons. The van der Waals surface area contributed by atoms with Gasteiger partial charge in [0, 0.05) is 25.7 Å². The summed E-state index contributed by atoms with van der Waals surface area (Å²) in [4.78, 5) is 38.7. The van der Waals surface area contributed by atoms with E-state index in [0.29, 0.717) is 38.8 Å². The molecular weight excluding hydrogens is 252 g/mol. The highest BCUT2D eigenvalue weighted by Crippen LogP contribution is 2.37. The molecule has 8 heteroatoms. The van der Waals surface area contributed by atoms with Crippen molar-refractivity contribution in [2.45, 2.75) is 36.8 Å². The molecule has 4 fully saturated rings. The first kappa shape index (κ1) is 11.3. The van der Waals surface area contributed by atoms with E-state index in [2.05, 4.69) is 10.9 Å². The lowest BCUT2D eigenvalue weighted by atomic mass is 9.73. The van der Waals surface area contributed by atoms with E-state index in [9.17, 15) is 14.4 Å². The van der Waals surface area contributed by atoms with Gasteiger partial charge in [-0.25, -0.2) is 20.7 Å². The van der Waals surface area contributed by atoms with Crippen LogP contribution in [0, 0.1) is 0 Å².